The van der Waals surface area contributed by atoms with Crippen LogP contribution in [-0.2, 0) is 6.54 Å². The lowest BCUT2D eigenvalue weighted by Gasteiger charge is -2.05. The summed E-state index contributed by atoms with van der Waals surface area (Å²) >= 11 is 0. The van der Waals surface area contributed by atoms with Gasteiger partial charge >= 0.3 is 0 Å². The largest absolute Gasteiger partial charge is 0.357 e. The molecule has 0 bridgehead atoms. The molecule has 8 nitrogen and oxygen atoms in total. The van der Waals surface area contributed by atoms with Crippen molar-refractivity contribution in [2.45, 2.75) is 13.5 Å². The first-order valence-electron chi connectivity index (χ1n) is 6.25. The fourth-order valence-corrected chi connectivity index (χ4v) is 1.75. The van der Waals surface area contributed by atoms with Crippen molar-refractivity contribution in [2.24, 2.45) is 0 Å². The van der Waals surface area contributed by atoms with Gasteiger partial charge in [0.2, 0.25) is 11.9 Å². The number of rotatable bonds is 4. The molecule has 8 heteroatoms. The minimum absolute atomic E-state index is 0.503. The number of imidazole rings is 1. The van der Waals surface area contributed by atoms with Crippen molar-refractivity contribution in [2.75, 3.05) is 12.4 Å². The van der Waals surface area contributed by atoms with Gasteiger partial charge in [0.05, 0.1) is 11.8 Å². The fourth-order valence-electron chi connectivity index (χ4n) is 1.75. The average molecular weight is 270 g/mol. The van der Waals surface area contributed by atoms with Gasteiger partial charge in [-0.05, 0) is 6.92 Å². The summed E-state index contributed by atoms with van der Waals surface area (Å²) in [7, 11) is 1.77. The van der Waals surface area contributed by atoms with Crippen LogP contribution in [0, 0.1) is 0 Å². The molecule has 1 N–H and O–H groups in total. The maximum atomic E-state index is 4.45. The van der Waals surface area contributed by atoms with Crippen LogP contribution in [0.3, 0.4) is 0 Å². The molecule has 0 atom stereocenters. The Hall–Kier alpha value is -2.77. The van der Waals surface area contributed by atoms with Crippen molar-refractivity contribution in [3.63, 3.8) is 0 Å². The number of nitrogens with one attached hydrogen (secondary N) is 1. The SMILES string of the molecule is CCn1cc(-c2nc(NC)nc(-n3ccnc3)n2)cn1. The second-order valence-electron chi connectivity index (χ2n) is 4.09. The molecule has 20 heavy (non-hydrogen) atoms. The van der Waals surface area contributed by atoms with Crippen LogP contribution in [-0.4, -0.2) is 41.3 Å². The van der Waals surface area contributed by atoms with Crippen LogP contribution in [0.15, 0.2) is 31.1 Å². The van der Waals surface area contributed by atoms with E-state index in [-0.39, 0.29) is 0 Å². The summed E-state index contributed by atoms with van der Waals surface area (Å²) in [6, 6.07) is 0. The molecule has 3 heterocycles. The van der Waals surface area contributed by atoms with Gasteiger partial charge in [0.1, 0.15) is 6.33 Å². The minimum atomic E-state index is 0.503. The molecular formula is C12H14N8. The van der Waals surface area contributed by atoms with Crippen LogP contribution in [0.2, 0.25) is 0 Å². The Kier molecular flexibility index (Phi) is 3.12. The zero-order valence-corrected chi connectivity index (χ0v) is 11.2. The molecule has 3 aromatic heterocycles. The van der Waals surface area contributed by atoms with Gasteiger partial charge in [0, 0.05) is 32.2 Å². The number of aryl methyl sites for hydroxylation is 1. The molecule has 0 radical (unpaired) electrons. The van der Waals surface area contributed by atoms with Crippen molar-refractivity contribution >= 4 is 5.95 Å². The van der Waals surface area contributed by atoms with Crippen molar-refractivity contribution in [3.8, 4) is 17.3 Å². The molecule has 102 valence electrons. The van der Waals surface area contributed by atoms with E-state index in [0.717, 1.165) is 12.1 Å². The highest BCUT2D eigenvalue weighted by Gasteiger charge is 2.10. The Morgan fingerprint density at radius 3 is 2.80 bits per heavy atom. The third-order valence-electron chi connectivity index (χ3n) is 2.80. The molecule has 0 saturated carbocycles. The summed E-state index contributed by atoms with van der Waals surface area (Å²) in [5, 5.41) is 7.17. The van der Waals surface area contributed by atoms with Crippen molar-refractivity contribution in [1.29, 1.82) is 0 Å². The molecule has 0 amide bonds. The summed E-state index contributed by atoms with van der Waals surface area (Å²) in [6.07, 6.45) is 8.77. The predicted molar refractivity (Wildman–Crippen MR) is 73.4 cm³/mol. The van der Waals surface area contributed by atoms with Crippen LogP contribution in [0.4, 0.5) is 5.95 Å². The Morgan fingerprint density at radius 2 is 2.15 bits per heavy atom. The molecule has 3 rings (SSSR count). The standard InChI is InChI=1S/C12H14N8/c1-3-20-7-9(6-15-20)10-16-11(13-2)18-12(17-10)19-5-4-14-8-19/h4-8H,3H2,1-2H3,(H,13,16,17,18). The summed E-state index contributed by atoms with van der Waals surface area (Å²) in [5.41, 5.74) is 0.854. The topological polar surface area (TPSA) is 86.3 Å². The molecule has 0 aliphatic carbocycles. The van der Waals surface area contributed by atoms with Gasteiger partial charge in [-0.25, -0.2) is 4.98 Å². The second-order valence-corrected chi connectivity index (χ2v) is 4.09. The van der Waals surface area contributed by atoms with Crippen LogP contribution >= 0.6 is 0 Å². The highest BCUT2D eigenvalue weighted by atomic mass is 15.3. The van der Waals surface area contributed by atoms with Crippen molar-refractivity contribution in [3.05, 3.63) is 31.1 Å². The maximum Gasteiger partial charge on any atom is 0.240 e. The Balaban J connectivity index is 2.08. The highest BCUT2D eigenvalue weighted by molar-refractivity contribution is 5.54. The molecule has 0 aliphatic rings. The van der Waals surface area contributed by atoms with Gasteiger partial charge in [0.25, 0.3) is 0 Å². The van der Waals surface area contributed by atoms with Crippen LogP contribution in [0.25, 0.3) is 17.3 Å². The third-order valence-corrected chi connectivity index (χ3v) is 2.80. The van der Waals surface area contributed by atoms with Gasteiger partial charge < -0.3 is 5.32 Å². The summed E-state index contributed by atoms with van der Waals surface area (Å²) in [4.78, 5) is 17.1. The van der Waals surface area contributed by atoms with E-state index in [9.17, 15) is 0 Å². The van der Waals surface area contributed by atoms with Gasteiger partial charge in [-0.3, -0.25) is 9.25 Å². The van der Waals surface area contributed by atoms with E-state index in [2.05, 4.69) is 30.4 Å². The lowest BCUT2D eigenvalue weighted by atomic mass is 10.3. The number of nitrogens with zero attached hydrogens (tertiary/aromatic N) is 7. The van der Waals surface area contributed by atoms with E-state index < -0.39 is 0 Å². The summed E-state index contributed by atoms with van der Waals surface area (Å²) in [5.74, 6) is 1.59. The maximum absolute atomic E-state index is 4.45. The van der Waals surface area contributed by atoms with Gasteiger partial charge in [-0.2, -0.15) is 20.1 Å². The molecule has 3 aromatic rings. The first-order chi connectivity index (χ1) is 9.80. The number of hydrogen-bond donors (Lipinski definition) is 1. The van der Waals surface area contributed by atoms with E-state index in [0.29, 0.717) is 17.7 Å². The zero-order valence-electron chi connectivity index (χ0n) is 11.2. The lowest BCUT2D eigenvalue weighted by molar-refractivity contribution is 0.660. The smallest absolute Gasteiger partial charge is 0.240 e. The van der Waals surface area contributed by atoms with Gasteiger partial charge in [-0.15, -0.1) is 0 Å². The lowest BCUT2D eigenvalue weighted by Crippen LogP contribution is -2.06. The first-order valence-corrected chi connectivity index (χ1v) is 6.25. The summed E-state index contributed by atoms with van der Waals surface area (Å²) < 4.78 is 3.56. The van der Waals surface area contributed by atoms with E-state index in [1.165, 1.54) is 0 Å². The predicted octanol–water partition coefficient (Wildman–Crippen LogP) is 0.982. The molecule has 0 saturated heterocycles. The highest BCUT2D eigenvalue weighted by Crippen LogP contribution is 2.16. The first kappa shape index (κ1) is 12.3. The van der Waals surface area contributed by atoms with E-state index in [4.69, 9.17) is 0 Å². The minimum Gasteiger partial charge on any atom is -0.357 e. The number of aromatic nitrogens is 7. The molecule has 0 aliphatic heterocycles. The molecule has 0 spiro atoms. The van der Waals surface area contributed by atoms with Gasteiger partial charge in [0.15, 0.2) is 5.82 Å². The second kappa shape index (κ2) is 5.08. The van der Waals surface area contributed by atoms with E-state index in [1.54, 1.807) is 36.5 Å². The summed E-state index contributed by atoms with van der Waals surface area (Å²) in [6.45, 7) is 2.83. The monoisotopic (exact) mass is 270 g/mol. The van der Waals surface area contributed by atoms with Crippen molar-refractivity contribution < 1.29 is 0 Å². The van der Waals surface area contributed by atoms with E-state index >= 15 is 0 Å². The Labute approximate surface area is 115 Å². The molecule has 0 fully saturated rings. The Bertz CT molecular complexity index is 700. The molecule has 0 unspecified atom stereocenters. The number of anilines is 1. The number of hydrogen-bond acceptors (Lipinski definition) is 6. The van der Waals surface area contributed by atoms with Crippen LogP contribution < -0.4 is 5.32 Å². The molecular weight excluding hydrogens is 256 g/mol. The van der Waals surface area contributed by atoms with Crippen LogP contribution in [0.1, 0.15) is 6.92 Å². The fraction of sp³-hybridized carbons (Fsp3) is 0.250. The third kappa shape index (κ3) is 2.22. The van der Waals surface area contributed by atoms with E-state index in [1.807, 2.05) is 17.8 Å². The average Bonchev–Trinajstić information content (AvgIpc) is 3.17. The zero-order chi connectivity index (χ0) is 13.9. The van der Waals surface area contributed by atoms with Crippen molar-refractivity contribution in [1.82, 2.24) is 34.3 Å². The van der Waals surface area contributed by atoms with Crippen LogP contribution in [0.5, 0.6) is 0 Å². The normalized spacial score (nSPS) is 10.7. The van der Waals surface area contributed by atoms with Gasteiger partial charge in [-0.1, -0.05) is 0 Å². The molecule has 0 aromatic carbocycles. The quantitative estimate of drug-likeness (QED) is 0.760. The Morgan fingerprint density at radius 1 is 1.25 bits per heavy atom.